The molecule has 1 heterocycles. The minimum Gasteiger partial charge on any atom is -0.306 e. The Kier molecular flexibility index (Phi) is 5.69. The molecule has 118 valence electrons. The van der Waals surface area contributed by atoms with Crippen LogP contribution >= 0.6 is 0 Å². The molecule has 5 nitrogen and oxygen atoms in total. The molecule has 0 saturated carbocycles. The molecule has 0 radical (unpaired) electrons. The molecule has 0 atom stereocenters. The van der Waals surface area contributed by atoms with E-state index in [2.05, 4.69) is 54.6 Å². The van der Waals surface area contributed by atoms with Crippen LogP contribution in [-0.4, -0.2) is 16.2 Å². The Labute approximate surface area is 131 Å². The van der Waals surface area contributed by atoms with Crippen LogP contribution in [0.5, 0.6) is 0 Å². The molecule has 1 amide bonds. The van der Waals surface area contributed by atoms with Gasteiger partial charge in [0.15, 0.2) is 5.69 Å². The maximum Gasteiger partial charge on any atom is 0.225 e. The fourth-order valence-corrected chi connectivity index (χ4v) is 2.35. The summed E-state index contributed by atoms with van der Waals surface area (Å²) >= 11 is 0. The molecular formula is C17H23N3O2. The van der Waals surface area contributed by atoms with Crippen molar-refractivity contribution in [2.75, 3.05) is 5.32 Å². The number of hydrogen-bond donors (Lipinski definition) is 1. The van der Waals surface area contributed by atoms with E-state index in [0.717, 1.165) is 36.8 Å². The van der Waals surface area contributed by atoms with Crippen LogP contribution in [0.2, 0.25) is 0 Å². The topological polar surface area (TPSA) is 68.0 Å². The Balaban J connectivity index is 2.30. The lowest BCUT2D eigenvalue weighted by Crippen LogP contribution is -2.12. The second-order valence-electron chi connectivity index (χ2n) is 5.31. The lowest BCUT2D eigenvalue weighted by atomic mass is 9.98. The Hall–Kier alpha value is -2.17. The van der Waals surface area contributed by atoms with Crippen LogP contribution in [0, 0.1) is 0 Å². The first-order chi connectivity index (χ1) is 10.7. The maximum absolute atomic E-state index is 11.9. The summed E-state index contributed by atoms with van der Waals surface area (Å²) in [5, 5.41) is 10.7. The van der Waals surface area contributed by atoms with Gasteiger partial charge >= 0.3 is 0 Å². The number of rotatable bonds is 7. The number of benzene rings is 1. The van der Waals surface area contributed by atoms with Gasteiger partial charge in [0.05, 0.1) is 0 Å². The largest absolute Gasteiger partial charge is 0.306 e. The van der Waals surface area contributed by atoms with Crippen molar-refractivity contribution in [3.05, 3.63) is 29.3 Å². The number of carbonyl (C=O) groups excluding carboxylic acids is 1. The number of anilines is 1. The zero-order chi connectivity index (χ0) is 15.9. The third-order valence-electron chi connectivity index (χ3n) is 3.72. The van der Waals surface area contributed by atoms with Gasteiger partial charge in [-0.2, -0.15) is 0 Å². The Morgan fingerprint density at radius 2 is 2.00 bits per heavy atom. The van der Waals surface area contributed by atoms with E-state index in [4.69, 9.17) is 4.63 Å². The molecule has 0 bridgehead atoms. The van der Waals surface area contributed by atoms with Crippen LogP contribution < -0.4 is 5.32 Å². The minimum absolute atomic E-state index is 0.0523. The van der Waals surface area contributed by atoms with Crippen LogP contribution in [-0.2, 0) is 17.6 Å². The van der Waals surface area contributed by atoms with E-state index in [1.54, 1.807) is 0 Å². The molecule has 2 rings (SSSR count). The van der Waals surface area contributed by atoms with Gasteiger partial charge < -0.3 is 5.32 Å². The summed E-state index contributed by atoms with van der Waals surface area (Å²) in [5.41, 5.74) is 3.97. The van der Waals surface area contributed by atoms with Crippen molar-refractivity contribution in [1.82, 2.24) is 10.3 Å². The van der Waals surface area contributed by atoms with Gasteiger partial charge in [-0.3, -0.25) is 4.79 Å². The second kappa shape index (κ2) is 7.73. The van der Waals surface area contributed by atoms with Crippen LogP contribution in [0.1, 0.15) is 51.2 Å². The summed E-state index contributed by atoms with van der Waals surface area (Å²) in [6.45, 7) is 6.26. The van der Waals surface area contributed by atoms with Gasteiger partial charge in [-0.1, -0.05) is 39.3 Å². The summed E-state index contributed by atoms with van der Waals surface area (Å²) in [5.74, 6) is 0.354. The molecule has 0 aliphatic rings. The number of carbonyl (C=O) groups is 1. The highest BCUT2D eigenvalue weighted by Crippen LogP contribution is 2.29. The fraction of sp³-hybridized carbons (Fsp3) is 0.471. The van der Waals surface area contributed by atoms with E-state index < -0.39 is 0 Å². The lowest BCUT2D eigenvalue weighted by molar-refractivity contribution is -0.116. The third kappa shape index (κ3) is 3.72. The summed E-state index contributed by atoms with van der Waals surface area (Å²) in [7, 11) is 0. The highest BCUT2D eigenvalue weighted by Gasteiger charge is 2.17. The normalized spacial score (nSPS) is 10.7. The number of aryl methyl sites for hydroxylation is 2. The molecule has 0 spiro atoms. The lowest BCUT2D eigenvalue weighted by Gasteiger charge is -2.09. The number of hydrogen-bond acceptors (Lipinski definition) is 4. The van der Waals surface area contributed by atoms with E-state index in [-0.39, 0.29) is 5.91 Å². The van der Waals surface area contributed by atoms with Gasteiger partial charge in [-0.25, -0.2) is 4.63 Å². The smallest absolute Gasteiger partial charge is 0.225 e. The fourth-order valence-electron chi connectivity index (χ4n) is 2.35. The van der Waals surface area contributed by atoms with Gasteiger partial charge in [0.1, 0.15) is 0 Å². The van der Waals surface area contributed by atoms with Crippen molar-refractivity contribution in [2.45, 2.75) is 52.9 Å². The SMILES string of the molecule is CCCCC(=O)Nc1nonc1-c1cc(CC)ccc1CC. The predicted molar refractivity (Wildman–Crippen MR) is 86.6 cm³/mol. The number of amides is 1. The first kappa shape index (κ1) is 16.2. The molecule has 0 saturated heterocycles. The van der Waals surface area contributed by atoms with Crippen LogP contribution in [0.15, 0.2) is 22.8 Å². The van der Waals surface area contributed by atoms with E-state index in [9.17, 15) is 4.79 Å². The molecule has 2 aromatic rings. The molecule has 0 unspecified atom stereocenters. The number of nitrogens with one attached hydrogen (secondary N) is 1. The molecule has 0 aliphatic heterocycles. The Bertz CT molecular complexity index is 635. The van der Waals surface area contributed by atoms with Gasteiger partial charge in [-0.15, -0.1) is 0 Å². The number of nitrogens with zero attached hydrogens (tertiary/aromatic N) is 2. The molecule has 1 aromatic heterocycles. The summed E-state index contributed by atoms with van der Waals surface area (Å²) in [4.78, 5) is 11.9. The van der Waals surface area contributed by atoms with Crippen molar-refractivity contribution in [3.8, 4) is 11.3 Å². The second-order valence-corrected chi connectivity index (χ2v) is 5.31. The zero-order valence-electron chi connectivity index (χ0n) is 13.5. The molecule has 1 N–H and O–H groups in total. The number of aromatic nitrogens is 2. The van der Waals surface area contributed by atoms with E-state index in [1.165, 1.54) is 5.56 Å². The average molecular weight is 301 g/mol. The van der Waals surface area contributed by atoms with Crippen molar-refractivity contribution in [1.29, 1.82) is 0 Å². The Morgan fingerprint density at radius 3 is 2.68 bits per heavy atom. The molecular weight excluding hydrogens is 278 g/mol. The standard InChI is InChI=1S/C17H23N3O2/c1-4-7-8-15(21)18-17-16(19-22-20-17)14-11-12(5-2)9-10-13(14)6-3/h9-11H,4-8H2,1-3H3,(H,18,20,21). The van der Waals surface area contributed by atoms with Crippen LogP contribution in [0.25, 0.3) is 11.3 Å². The summed E-state index contributed by atoms with van der Waals surface area (Å²) in [6, 6.07) is 6.32. The summed E-state index contributed by atoms with van der Waals surface area (Å²) < 4.78 is 4.86. The summed E-state index contributed by atoms with van der Waals surface area (Å²) in [6.07, 6.45) is 4.15. The molecule has 0 fully saturated rings. The van der Waals surface area contributed by atoms with Gasteiger partial charge in [0.25, 0.3) is 0 Å². The average Bonchev–Trinajstić information content (AvgIpc) is 3.00. The van der Waals surface area contributed by atoms with Crippen molar-refractivity contribution in [2.24, 2.45) is 0 Å². The molecule has 22 heavy (non-hydrogen) atoms. The molecule has 0 aliphatic carbocycles. The quantitative estimate of drug-likeness (QED) is 0.839. The minimum atomic E-state index is -0.0523. The Morgan fingerprint density at radius 1 is 1.18 bits per heavy atom. The van der Waals surface area contributed by atoms with E-state index in [1.807, 2.05) is 0 Å². The van der Waals surface area contributed by atoms with E-state index in [0.29, 0.717) is 17.9 Å². The highest BCUT2D eigenvalue weighted by atomic mass is 16.6. The van der Waals surface area contributed by atoms with Gasteiger partial charge in [0.2, 0.25) is 11.7 Å². The first-order valence-corrected chi connectivity index (χ1v) is 7.94. The van der Waals surface area contributed by atoms with Crippen LogP contribution in [0.3, 0.4) is 0 Å². The van der Waals surface area contributed by atoms with Crippen LogP contribution in [0.4, 0.5) is 5.82 Å². The van der Waals surface area contributed by atoms with E-state index >= 15 is 0 Å². The molecule has 5 heteroatoms. The van der Waals surface area contributed by atoms with Crippen molar-refractivity contribution in [3.63, 3.8) is 0 Å². The van der Waals surface area contributed by atoms with Crippen molar-refractivity contribution >= 4 is 11.7 Å². The van der Waals surface area contributed by atoms with Gasteiger partial charge in [-0.05, 0) is 46.8 Å². The highest BCUT2D eigenvalue weighted by molar-refractivity contribution is 5.93. The van der Waals surface area contributed by atoms with Crippen molar-refractivity contribution < 1.29 is 9.42 Å². The monoisotopic (exact) mass is 301 g/mol. The third-order valence-corrected chi connectivity index (χ3v) is 3.72. The number of unbranched alkanes of at least 4 members (excludes halogenated alkanes) is 1. The first-order valence-electron chi connectivity index (χ1n) is 7.94. The zero-order valence-corrected chi connectivity index (χ0v) is 13.5. The predicted octanol–water partition coefficient (Wildman–Crippen LogP) is 3.99. The molecule has 1 aromatic carbocycles. The van der Waals surface area contributed by atoms with Gasteiger partial charge in [0, 0.05) is 12.0 Å². The maximum atomic E-state index is 11.9.